The molecule has 1 aromatic heterocycles. The van der Waals surface area contributed by atoms with Crippen LogP contribution in [-0.2, 0) is 4.74 Å². The molecule has 19 heavy (non-hydrogen) atoms. The molecule has 0 amide bonds. The first-order valence-electron chi connectivity index (χ1n) is 7.16. The van der Waals surface area contributed by atoms with Gasteiger partial charge in [0.2, 0.25) is 0 Å². The Morgan fingerprint density at radius 1 is 1.32 bits per heavy atom. The van der Waals surface area contributed by atoms with Gasteiger partial charge >= 0.3 is 0 Å². The molecule has 1 saturated heterocycles. The van der Waals surface area contributed by atoms with Crippen LogP contribution in [0.1, 0.15) is 38.9 Å². The molecule has 1 aromatic rings. The normalized spacial score (nSPS) is 16.5. The molecule has 0 atom stereocenters. The Hall–Kier alpha value is -1.36. The summed E-state index contributed by atoms with van der Waals surface area (Å²) in [5, 5.41) is 3.29. The van der Waals surface area contributed by atoms with Crippen LogP contribution in [-0.4, -0.2) is 42.8 Å². The molecule has 1 aliphatic rings. The Balaban J connectivity index is 2.26. The summed E-state index contributed by atoms with van der Waals surface area (Å²) in [6.45, 7) is 10.7. The van der Waals surface area contributed by atoms with Gasteiger partial charge in [0.15, 0.2) is 0 Å². The fourth-order valence-corrected chi connectivity index (χ4v) is 2.12. The van der Waals surface area contributed by atoms with E-state index in [0.29, 0.717) is 5.92 Å². The molecule has 1 N–H and O–H groups in total. The number of hydrogen-bond donors (Lipinski definition) is 1. The topological polar surface area (TPSA) is 50.3 Å². The van der Waals surface area contributed by atoms with Crippen LogP contribution < -0.4 is 10.2 Å². The minimum absolute atomic E-state index is 0.334. The number of nitrogens with one attached hydrogen (secondary N) is 1. The summed E-state index contributed by atoms with van der Waals surface area (Å²) in [6.07, 6.45) is 1.05. The van der Waals surface area contributed by atoms with Gasteiger partial charge < -0.3 is 15.0 Å². The van der Waals surface area contributed by atoms with Gasteiger partial charge in [0.25, 0.3) is 0 Å². The lowest BCUT2D eigenvalue weighted by Gasteiger charge is -2.22. The van der Waals surface area contributed by atoms with Crippen molar-refractivity contribution in [3.8, 4) is 0 Å². The monoisotopic (exact) mass is 264 g/mol. The van der Waals surface area contributed by atoms with Crippen molar-refractivity contribution in [1.29, 1.82) is 0 Å². The standard InChI is InChI=1S/C14H24N4O/c1-4-15-12-10-13(17-14(16-12)11(2)3)18-6-5-8-19-9-7-18/h10-11H,4-9H2,1-3H3,(H,15,16,17). The molecule has 2 heterocycles. The van der Waals surface area contributed by atoms with Crippen LogP contribution in [0.2, 0.25) is 0 Å². The van der Waals surface area contributed by atoms with Crippen LogP contribution in [0.15, 0.2) is 6.07 Å². The minimum Gasteiger partial charge on any atom is -0.380 e. The maximum absolute atomic E-state index is 5.50. The Morgan fingerprint density at radius 3 is 2.89 bits per heavy atom. The first-order valence-corrected chi connectivity index (χ1v) is 7.16. The van der Waals surface area contributed by atoms with Crippen LogP contribution in [0.25, 0.3) is 0 Å². The summed E-state index contributed by atoms with van der Waals surface area (Å²) in [6, 6.07) is 2.04. The van der Waals surface area contributed by atoms with Gasteiger partial charge in [-0.05, 0) is 13.3 Å². The second-order valence-electron chi connectivity index (χ2n) is 5.11. The first kappa shape index (κ1) is 14.1. The van der Waals surface area contributed by atoms with Crippen molar-refractivity contribution >= 4 is 11.6 Å². The second kappa shape index (κ2) is 6.70. The van der Waals surface area contributed by atoms with Crippen molar-refractivity contribution in [2.24, 2.45) is 0 Å². The van der Waals surface area contributed by atoms with E-state index in [1.54, 1.807) is 0 Å². The Morgan fingerprint density at radius 2 is 2.16 bits per heavy atom. The highest BCUT2D eigenvalue weighted by molar-refractivity contribution is 5.49. The van der Waals surface area contributed by atoms with Gasteiger partial charge in [0.1, 0.15) is 17.5 Å². The Labute approximate surface area is 115 Å². The largest absolute Gasteiger partial charge is 0.380 e. The molecular formula is C14H24N4O. The lowest BCUT2D eigenvalue weighted by molar-refractivity contribution is 0.152. The fraction of sp³-hybridized carbons (Fsp3) is 0.714. The van der Waals surface area contributed by atoms with E-state index in [4.69, 9.17) is 9.72 Å². The minimum atomic E-state index is 0.334. The van der Waals surface area contributed by atoms with Crippen LogP contribution in [0.5, 0.6) is 0 Å². The summed E-state index contributed by atoms with van der Waals surface area (Å²) < 4.78 is 5.50. The zero-order chi connectivity index (χ0) is 13.7. The van der Waals surface area contributed by atoms with E-state index in [-0.39, 0.29) is 0 Å². The van der Waals surface area contributed by atoms with Gasteiger partial charge in [-0.25, -0.2) is 9.97 Å². The molecule has 5 nitrogen and oxygen atoms in total. The maximum Gasteiger partial charge on any atom is 0.135 e. The van der Waals surface area contributed by atoms with Crippen LogP contribution in [0.3, 0.4) is 0 Å². The molecule has 1 fully saturated rings. The zero-order valence-electron chi connectivity index (χ0n) is 12.1. The van der Waals surface area contributed by atoms with E-state index in [2.05, 4.69) is 36.0 Å². The summed E-state index contributed by atoms with van der Waals surface area (Å²) in [5.41, 5.74) is 0. The average molecular weight is 264 g/mol. The van der Waals surface area contributed by atoms with E-state index >= 15 is 0 Å². The van der Waals surface area contributed by atoms with Crippen LogP contribution in [0, 0.1) is 0 Å². The van der Waals surface area contributed by atoms with Gasteiger partial charge in [-0.1, -0.05) is 13.8 Å². The number of ether oxygens (including phenoxy) is 1. The second-order valence-corrected chi connectivity index (χ2v) is 5.11. The van der Waals surface area contributed by atoms with Crippen molar-refractivity contribution in [2.45, 2.75) is 33.1 Å². The molecular weight excluding hydrogens is 240 g/mol. The number of aromatic nitrogens is 2. The summed E-state index contributed by atoms with van der Waals surface area (Å²) in [4.78, 5) is 11.6. The Bertz CT molecular complexity index is 400. The summed E-state index contributed by atoms with van der Waals surface area (Å²) in [7, 11) is 0. The van der Waals surface area contributed by atoms with E-state index in [0.717, 1.165) is 56.7 Å². The smallest absolute Gasteiger partial charge is 0.135 e. The molecule has 0 unspecified atom stereocenters. The molecule has 2 rings (SSSR count). The lowest BCUT2D eigenvalue weighted by Crippen LogP contribution is -2.27. The van der Waals surface area contributed by atoms with Gasteiger partial charge in [-0.15, -0.1) is 0 Å². The van der Waals surface area contributed by atoms with Crippen molar-refractivity contribution in [1.82, 2.24) is 9.97 Å². The maximum atomic E-state index is 5.50. The average Bonchev–Trinajstić information content (AvgIpc) is 2.67. The van der Waals surface area contributed by atoms with E-state index in [1.165, 1.54) is 0 Å². The Kier molecular flexibility index (Phi) is 4.96. The van der Waals surface area contributed by atoms with Crippen molar-refractivity contribution in [3.05, 3.63) is 11.9 Å². The molecule has 0 spiro atoms. The third kappa shape index (κ3) is 3.80. The zero-order valence-corrected chi connectivity index (χ0v) is 12.1. The molecule has 0 bridgehead atoms. The highest BCUT2D eigenvalue weighted by Gasteiger charge is 2.15. The van der Waals surface area contributed by atoms with Crippen molar-refractivity contribution in [3.63, 3.8) is 0 Å². The molecule has 0 aromatic carbocycles. The third-order valence-corrected chi connectivity index (χ3v) is 3.15. The molecule has 0 aliphatic carbocycles. The number of nitrogens with zero attached hydrogens (tertiary/aromatic N) is 3. The van der Waals surface area contributed by atoms with Crippen molar-refractivity contribution in [2.75, 3.05) is 43.1 Å². The molecule has 1 aliphatic heterocycles. The first-order chi connectivity index (χ1) is 9.20. The lowest BCUT2D eigenvalue weighted by atomic mass is 10.2. The van der Waals surface area contributed by atoms with Crippen molar-refractivity contribution < 1.29 is 4.74 Å². The quantitative estimate of drug-likeness (QED) is 0.904. The van der Waals surface area contributed by atoms with Crippen LogP contribution >= 0.6 is 0 Å². The predicted octanol–water partition coefficient (Wildman–Crippen LogP) is 2.26. The number of rotatable bonds is 4. The highest BCUT2D eigenvalue weighted by atomic mass is 16.5. The fourth-order valence-electron chi connectivity index (χ4n) is 2.12. The summed E-state index contributed by atoms with van der Waals surface area (Å²) in [5.74, 6) is 3.17. The summed E-state index contributed by atoms with van der Waals surface area (Å²) >= 11 is 0. The molecule has 5 heteroatoms. The van der Waals surface area contributed by atoms with Gasteiger partial charge in [0.05, 0.1) is 6.61 Å². The number of anilines is 2. The highest BCUT2D eigenvalue weighted by Crippen LogP contribution is 2.20. The van der Waals surface area contributed by atoms with E-state index in [9.17, 15) is 0 Å². The molecule has 0 saturated carbocycles. The van der Waals surface area contributed by atoms with E-state index in [1.807, 2.05) is 6.07 Å². The number of hydrogen-bond acceptors (Lipinski definition) is 5. The van der Waals surface area contributed by atoms with Gasteiger partial charge in [-0.2, -0.15) is 0 Å². The van der Waals surface area contributed by atoms with E-state index < -0.39 is 0 Å². The van der Waals surface area contributed by atoms with Gasteiger partial charge in [-0.3, -0.25) is 0 Å². The SMILES string of the molecule is CCNc1cc(N2CCCOCC2)nc(C(C)C)n1. The molecule has 106 valence electrons. The third-order valence-electron chi connectivity index (χ3n) is 3.15. The van der Waals surface area contributed by atoms with Gasteiger partial charge in [0, 0.05) is 38.2 Å². The van der Waals surface area contributed by atoms with Crippen LogP contribution in [0.4, 0.5) is 11.6 Å². The molecule has 0 radical (unpaired) electrons. The predicted molar refractivity (Wildman–Crippen MR) is 77.9 cm³/mol.